The van der Waals surface area contributed by atoms with Gasteiger partial charge in [-0.25, -0.2) is 0 Å². The van der Waals surface area contributed by atoms with Crippen LogP contribution in [0, 0.1) is 0 Å². The maximum Gasteiger partial charge on any atom is 0.224 e. The predicted octanol–water partition coefficient (Wildman–Crippen LogP) is 4.87. The van der Waals surface area contributed by atoms with Crippen LogP contribution in [-0.2, 0) is 17.8 Å². The molecule has 2 heterocycles. The maximum absolute atomic E-state index is 12.2. The number of nitrogens with one attached hydrogen (secondary N) is 1. The van der Waals surface area contributed by atoms with Gasteiger partial charge in [-0.2, -0.15) is 0 Å². The van der Waals surface area contributed by atoms with Crippen LogP contribution in [-0.4, -0.2) is 10.9 Å². The Bertz CT molecular complexity index is 1020. The van der Waals surface area contributed by atoms with Crippen LogP contribution in [0.5, 0.6) is 0 Å². The average molecular weight is 368 g/mol. The van der Waals surface area contributed by atoms with Crippen LogP contribution in [0.3, 0.4) is 0 Å². The van der Waals surface area contributed by atoms with E-state index in [1.54, 1.807) is 12.5 Å². The van der Waals surface area contributed by atoms with E-state index in [1.807, 2.05) is 54.6 Å². The van der Waals surface area contributed by atoms with Crippen molar-refractivity contribution >= 4 is 5.91 Å². The highest BCUT2D eigenvalue weighted by Crippen LogP contribution is 2.19. The van der Waals surface area contributed by atoms with Crippen molar-refractivity contribution in [3.8, 4) is 22.6 Å². The summed E-state index contributed by atoms with van der Waals surface area (Å²) in [4.78, 5) is 16.6. The standard InChI is InChI=1S/C24H20N2O2/c27-24(15-18-8-11-21(12-9-18)20-5-2-1-3-6-20)26-17-19-10-13-22(25-16-19)23-7-4-14-28-23/h1-14,16H,15,17H2,(H,26,27). The number of benzene rings is 2. The van der Waals surface area contributed by atoms with Crippen molar-refractivity contribution in [3.05, 3.63) is 102 Å². The molecular weight excluding hydrogens is 348 g/mol. The van der Waals surface area contributed by atoms with Gasteiger partial charge in [0, 0.05) is 12.7 Å². The molecule has 2 aromatic heterocycles. The molecule has 0 aliphatic rings. The quantitative estimate of drug-likeness (QED) is 0.528. The fourth-order valence-electron chi connectivity index (χ4n) is 2.99. The minimum atomic E-state index is -0.0115. The van der Waals surface area contributed by atoms with E-state index in [9.17, 15) is 4.79 Å². The zero-order valence-corrected chi connectivity index (χ0v) is 15.3. The second-order valence-corrected chi connectivity index (χ2v) is 6.55. The van der Waals surface area contributed by atoms with Crippen molar-refractivity contribution in [1.29, 1.82) is 0 Å². The molecule has 0 unspecified atom stereocenters. The number of carbonyl (C=O) groups is 1. The molecule has 4 heteroatoms. The summed E-state index contributed by atoms with van der Waals surface area (Å²) in [7, 11) is 0. The largest absolute Gasteiger partial charge is 0.463 e. The first-order valence-electron chi connectivity index (χ1n) is 9.18. The topological polar surface area (TPSA) is 55.1 Å². The number of carbonyl (C=O) groups excluding carboxylic acids is 1. The van der Waals surface area contributed by atoms with E-state index in [4.69, 9.17) is 4.42 Å². The van der Waals surface area contributed by atoms with Gasteiger partial charge in [-0.1, -0.05) is 60.7 Å². The van der Waals surface area contributed by atoms with Crippen LogP contribution in [0.4, 0.5) is 0 Å². The van der Waals surface area contributed by atoms with Gasteiger partial charge in [-0.05, 0) is 40.5 Å². The molecule has 1 N–H and O–H groups in total. The first-order valence-corrected chi connectivity index (χ1v) is 9.18. The molecule has 0 atom stereocenters. The number of amides is 1. The van der Waals surface area contributed by atoms with Gasteiger partial charge in [0.05, 0.1) is 12.7 Å². The van der Waals surface area contributed by atoms with Crippen molar-refractivity contribution in [2.45, 2.75) is 13.0 Å². The third-order valence-electron chi connectivity index (χ3n) is 4.51. The summed E-state index contributed by atoms with van der Waals surface area (Å²) in [6.45, 7) is 0.451. The molecule has 0 aliphatic carbocycles. The molecule has 0 saturated carbocycles. The van der Waals surface area contributed by atoms with Gasteiger partial charge in [0.15, 0.2) is 5.76 Å². The monoisotopic (exact) mass is 368 g/mol. The molecular formula is C24H20N2O2. The highest BCUT2D eigenvalue weighted by Gasteiger charge is 2.06. The van der Waals surface area contributed by atoms with Crippen molar-refractivity contribution in [3.63, 3.8) is 0 Å². The Morgan fingerprint density at radius 3 is 2.25 bits per heavy atom. The van der Waals surface area contributed by atoms with Crippen molar-refractivity contribution in [2.75, 3.05) is 0 Å². The highest BCUT2D eigenvalue weighted by molar-refractivity contribution is 5.78. The lowest BCUT2D eigenvalue weighted by molar-refractivity contribution is -0.120. The second kappa shape index (κ2) is 8.35. The van der Waals surface area contributed by atoms with Gasteiger partial charge in [-0.3, -0.25) is 9.78 Å². The Morgan fingerprint density at radius 2 is 1.57 bits per heavy atom. The molecule has 4 rings (SSSR count). The maximum atomic E-state index is 12.2. The number of pyridine rings is 1. The van der Waals surface area contributed by atoms with E-state index >= 15 is 0 Å². The number of rotatable bonds is 6. The van der Waals surface area contributed by atoms with E-state index in [0.717, 1.165) is 28.1 Å². The molecule has 0 spiro atoms. The van der Waals surface area contributed by atoms with Gasteiger partial charge in [0.25, 0.3) is 0 Å². The Kier molecular flexibility index (Phi) is 5.29. The summed E-state index contributed by atoms with van der Waals surface area (Å²) < 4.78 is 5.33. The summed E-state index contributed by atoms with van der Waals surface area (Å²) in [6.07, 6.45) is 3.73. The van der Waals surface area contributed by atoms with Crippen LogP contribution in [0.15, 0.2) is 95.7 Å². The first-order chi connectivity index (χ1) is 13.8. The molecule has 0 radical (unpaired) electrons. The van der Waals surface area contributed by atoms with E-state index in [-0.39, 0.29) is 5.91 Å². The molecule has 4 nitrogen and oxygen atoms in total. The molecule has 4 aromatic rings. The summed E-state index contributed by atoms with van der Waals surface area (Å²) in [5.74, 6) is 0.720. The van der Waals surface area contributed by atoms with Gasteiger partial charge in [0.1, 0.15) is 5.69 Å². The summed E-state index contributed by atoms with van der Waals surface area (Å²) >= 11 is 0. The summed E-state index contributed by atoms with van der Waals surface area (Å²) in [5.41, 5.74) is 5.03. The van der Waals surface area contributed by atoms with Crippen molar-refractivity contribution < 1.29 is 9.21 Å². The Labute approximate surface area is 163 Å². The average Bonchev–Trinajstić information content (AvgIpc) is 3.29. The fourth-order valence-corrected chi connectivity index (χ4v) is 2.99. The third kappa shape index (κ3) is 4.35. The van der Waals surface area contributed by atoms with Crippen LogP contribution in [0.1, 0.15) is 11.1 Å². The third-order valence-corrected chi connectivity index (χ3v) is 4.51. The van der Waals surface area contributed by atoms with Gasteiger partial charge in [-0.15, -0.1) is 0 Å². The molecule has 28 heavy (non-hydrogen) atoms. The lowest BCUT2D eigenvalue weighted by Gasteiger charge is -2.07. The summed E-state index contributed by atoms with van der Waals surface area (Å²) in [6, 6.07) is 25.8. The van der Waals surface area contributed by atoms with E-state index in [2.05, 4.69) is 34.6 Å². The number of nitrogens with zero attached hydrogens (tertiary/aromatic N) is 1. The summed E-state index contributed by atoms with van der Waals surface area (Å²) in [5, 5.41) is 2.95. The molecule has 0 fully saturated rings. The van der Waals surface area contributed by atoms with Gasteiger partial charge >= 0.3 is 0 Å². The van der Waals surface area contributed by atoms with Crippen LogP contribution in [0.25, 0.3) is 22.6 Å². The lowest BCUT2D eigenvalue weighted by Crippen LogP contribution is -2.24. The van der Waals surface area contributed by atoms with Crippen molar-refractivity contribution in [1.82, 2.24) is 10.3 Å². The molecule has 0 aliphatic heterocycles. The number of furan rings is 1. The first kappa shape index (κ1) is 17.7. The zero-order valence-electron chi connectivity index (χ0n) is 15.3. The normalized spacial score (nSPS) is 10.6. The zero-order chi connectivity index (χ0) is 19.2. The van der Waals surface area contributed by atoms with E-state index in [0.29, 0.717) is 13.0 Å². The number of aromatic nitrogens is 1. The molecule has 1 amide bonds. The number of hydrogen-bond donors (Lipinski definition) is 1. The minimum Gasteiger partial charge on any atom is -0.463 e. The fraction of sp³-hybridized carbons (Fsp3) is 0.0833. The van der Waals surface area contributed by atoms with Gasteiger partial charge < -0.3 is 9.73 Å². The van der Waals surface area contributed by atoms with E-state index in [1.165, 1.54) is 5.56 Å². The van der Waals surface area contributed by atoms with Crippen molar-refractivity contribution in [2.24, 2.45) is 0 Å². The predicted molar refractivity (Wildman–Crippen MR) is 109 cm³/mol. The Balaban J connectivity index is 1.31. The highest BCUT2D eigenvalue weighted by atomic mass is 16.3. The Morgan fingerprint density at radius 1 is 0.821 bits per heavy atom. The Hall–Kier alpha value is -3.66. The molecule has 0 bridgehead atoms. The SMILES string of the molecule is O=C(Cc1ccc(-c2ccccc2)cc1)NCc1ccc(-c2ccco2)nc1. The van der Waals surface area contributed by atoms with E-state index < -0.39 is 0 Å². The lowest BCUT2D eigenvalue weighted by atomic mass is 10.0. The van der Waals surface area contributed by atoms with Crippen LogP contribution < -0.4 is 5.32 Å². The molecule has 138 valence electrons. The van der Waals surface area contributed by atoms with Crippen LogP contribution >= 0.6 is 0 Å². The number of hydrogen-bond acceptors (Lipinski definition) is 3. The smallest absolute Gasteiger partial charge is 0.224 e. The second-order valence-electron chi connectivity index (χ2n) is 6.55. The molecule has 0 saturated heterocycles. The van der Waals surface area contributed by atoms with Gasteiger partial charge in [0.2, 0.25) is 5.91 Å². The van der Waals surface area contributed by atoms with Crippen LogP contribution in [0.2, 0.25) is 0 Å². The molecule has 2 aromatic carbocycles. The minimum absolute atomic E-state index is 0.0115.